The van der Waals surface area contributed by atoms with Crippen LogP contribution in [0.2, 0.25) is 0 Å². The molecular formula is C42H50F4N6O2. The number of nitrogens with zero attached hydrogens (tertiary/aromatic N) is 2. The van der Waals surface area contributed by atoms with Crippen LogP contribution in [0.15, 0.2) is 48.8 Å². The fraction of sp³-hybridized carbons (Fsp3) is 0.524. The third-order valence-electron chi connectivity index (χ3n) is 10.7. The van der Waals surface area contributed by atoms with Crippen LogP contribution in [0.3, 0.4) is 0 Å². The SMILES string of the molecule is CC(C)(C)C(NC(=O)C1CCC(F)(F)CC1)c1ncc(C#Cc2ccc3cc(-c4cnc([C@@H](NC(=O)C5CCC(F)(F)CC5)C(C)(C)C)[nH]4)ccc3c2)[nH]1. The monoisotopic (exact) mass is 746 g/mol. The first kappa shape index (κ1) is 39.0. The Morgan fingerprint density at radius 1 is 0.704 bits per heavy atom. The lowest BCUT2D eigenvalue weighted by atomic mass is 9.83. The van der Waals surface area contributed by atoms with Crippen LogP contribution in [-0.4, -0.2) is 43.6 Å². The largest absolute Gasteiger partial charge is 0.345 e. The fourth-order valence-electron chi connectivity index (χ4n) is 7.32. The van der Waals surface area contributed by atoms with E-state index >= 15 is 0 Å². The Kier molecular flexibility index (Phi) is 10.8. The normalized spacial score (nSPS) is 19.1. The number of halogens is 4. The number of rotatable bonds is 7. The molecule has 54 heavy (non-hydrogen) atoms. The fourth-order valence-corrected chi connectivity index (χ4v) is 7.32. The lowest BCUT2D eigenvalue weighted by molar-refractivity contribution is -0.131. The number of imidazole rings is 2. The van der Waals surface area contributed by atoms with E-state index in [1.807, 2.05) is 71.9 Å². The molecule has 2 saturated carbocycles. The van der Waals surface area contributed by atoms with Gasteiger partial charge in [0.25, 0.3) is 0 Å². The molecule has 8 nitrogen and oxygen atoms in total. The third-order valence-corrected chi connectivity index (χ3v) is 10.7. The van der Waals surface area contributed by atoms with E-state index in [4.69, 9.17) is 0 Å². The van der Waals surface area contributed by atoms with Crippen molar-refractivity contribution in [2.24, 2.45) is 22.7 Å². The van der Waals surface area contributed by atoms with Crippen LogP contribution in [0.25, 0.3) is 22.0 Å². The number of aromatic nitrogens is 4. The van der Waals surface area contributed by atoms with Gasteiger partial charge in [-0.3, -0.25) is 9.59 Å². The first-order valence-corrected chi connectivity index (χ1v) is 18.8. The molecule has 0 bridgehead atoms. The minimum absolute atomic E-state index is 0.164. The molecule has 12 heteroatoms. The highest BCUT2D eigenvalue weighted by Crippen LogP contribution is 2.39. The summed E-state index contributed by atoms with van der Waals surface area (Å²) < 4.78 is 54.7. The second kappa shape index (κ2) is 14.9. The Bertz CT molecular complexity index is 2040. The van der Waals surface area contributed by atoms with Gasteiger partial charge < -0.3 is 20.6 Å². The van der Waals surface area contributed by atoms with Gasteiger partial charge >= 0.3 is 0 Å². The summed E-state index contributed by atoms with van der Waals surface area (Å²) in [5, 5.41) is 8.14. The van der Waals surface area contributed by atoms with Gasteiger partial charge in [0.2, 0.25) is 23.7 Å². The summed E-state index contributed by atoms with van der Waals surface area (Å²) in [5.74, 6) is 0.775. The van der Waals surface area contributed by atoms with E-state index in [9.17, 15) is 27.2 Å². The van der Waals surface area contributed by atoms with Gasteiger partial charge in [0.1, 0.15) is 17.3 Å². The van der Waals surface area contributed by atoms with Gasteiger partial charge in [-0.2, -0.15) is 0 Å². The van der Waals surface area contributed by atoms with Crippen LogP contribution >= 0.6 is 0 Å². The number of fused-ring (bicyclic) bond motifs is 1. The Hall–Kier alpha value is -4.66. The van der Waals surface area contributed by atoms with Crippen molar-refractivity contribution >= 4 is 22.6 Å². The minimum atomic E-state index is -2.70. The quantitative estimate of drug-likeness (QED) is 0.111. The van der Waals surface area contributed by atoms with Gasteiger partial charge in [0.15, 0.2) is 0 Å². The molecule has 4 aromatic rings. The van der Waals surface area contributed by atoms with Gasteiger partial charge in [-0.15, -0.1) is 0 Å². The standard InChI is InChI=1S/C42H50F4N6O2/c1-39(2,3)33(51-37(53)26-13-17-41(43,44)18-14-26)35-47-23-31(49-35)12-8-25-7-9-29-22-30(11-10-28(29)21-25)32-24-48-36(50-32)34(40(4,5)6)52-38(54)27-15-19-42(45,46)20-16-27/h7,9-11,21-24,26-27,33-34H,13-20H2,1-6H3,(H,47,49)(H,48,50)(H,51,53)(H,52,54)/t33?,34-/m1/s1. The molecule has 2 aromatic carbocycles. The number of carbonyl (C=O) groups excluding carboxylic acids is 2. The van der Waals surface area contributed by atoms with Gasteiger partial charge in [-0.25, -0.2) is 27.5 Å². The molecule has 0 radical (unpaired) electrons. The van der Waals surface area contributed by atoms with Gasteiger partial charge in [-0.05, 0) is 71.4 Å². The van der Waals surface area contributed by atoms with E-state index in [0.29, 0.717) is 17.3 Å². The zero-order valence-corrected chi connectivity index (χ0v) is 31.8. The average Bonchev–Trinajstić information content (AvgIpc) is 3.77. The van der Waals surface area contributed by atoms with Crippen molar-refractivity contribution in [2.75, 3.05) is 0 Å². The molecule has 6 rings (SSSR count). The van der Waals surface area contributed by atoms with Crippen LogP contribution in [0, 0.1) is 34.5 Å². The molecule has 0 spiro atoms. The lowest BCUT2D eigenvalue weighted by Gasteiger charge is -2.33. The number of amides is 2. The maximum absolute atomic E-state index is 13.7. The second-order valence-electron chi connectivity index (χ2n) is 17.3. The van der Waals surface area contributed by atoms with E-state index in [1.165, 1.54) is 0 Å². The predicted octanol–water partition coefficient (Wildman–Crippen LogP) is 9.41. The first-order chi connectivity index (χ1) is 25.3. The molecule has 2 atom stereocenters. The maximum atomic E-state index is 13.7. The summed E-state index contributed by atoms with van der Waals surface area (Å²) >= 11 is 0. The Morgan fingerprint density at radius 2 is 1.19 bits per heavy atom. The molecule has 2 aliphatic carbocycles. The van der Waals surface area contributed by atoms with E-state index in [2.05, 4.69) is 48.5 Å². The van der Waals surface area contributed by atoms with Gasteiger partial charge in [0.05, 0.1) is 30.2 Å². The average molecular weight is 747 g/mol. The number of H-pyrrole nitrogens is 2. The minimum Gasteiger partial charge on any atom is -0.345 e. The number of carbonyl (C=O) groups is 2. The number of hydrogen-bond donors (Lipinski definition) is 4. The van der Waals surface area contributed by atoms with E-state index in [0.717, 1.165) is 27.6 Å². The van der Waals surface area contributed by atoms with Crippen molar-refractivity contribution in [3.63, 3.8) is 0 Å². The smallest absolute Gasteiger partial charge is 0.248 e. The first-order valence-electron chi connectivity index (χ1n) is 18.8. The Morgan fingerprint density at radius 3 is 1.72 bits per heavy atom. The molecular weight excluding hydrogens is 696 g/mol. The molecule has 2 aromatic heterocycles. The van der Waals surface area contributed by atoms with E-state index in [1.54, 1.807) is 12.4 Å². The highest BCUT2D eigenvalue weighted by atomic mass is 19.3. The summed E-state index contributed by atoms with van der Waals surface area (Å²) in [6.07, 6.45) is 2.96. The van der Waals surface area contributed by atoms with E-state index in [-0.39, 0.29) is 68.6 Å². The summed E-state index contributed by atoms with van der Waals surface area (Å²) in [7, 11) is 0. The highest BCUT2D eigenvalue weighted by Gasteiger charge is 2.41. The van der Waals surface area contributed by atoms with Crippen molar-refractivity contribution in [3.05, 3.63) is 71.7 Å². The summed E-state index contributed by atoms with van der Waals surface area (Å²) in [6, 6.07) is 11.1. The molecule has 0 saturated heterocycles. The number of aromatic amines is 2. The summed E-state index contributed by atoms with van der Waals surface area (Å²) in [6.45, 7) is 12.0. The molecule has 4 N–H and O–H groups in total. The van der Waals surface area contributed by atoms with Crippen LogP contribution in [0.1, 0.15) is 128 Å². The molecule has 2 fully saturated rings. The van der Waals surface area contributed by atoms with Crippen LogP contribution in [0.5, 0.6) is 0 Å². The second-order valence-corrected chi connectivity index (χ2v) is 17.3. The van der Waals surface area contributed by atoms with E-state index < -0.39 is 41.2 Å². The molecule has 288 valence electrons. The van der Waals surface area contributed by atoms with Crippen LogP contribution < -0.4 is 10.6 Å². The third kappa shape index (κ3) is 9.34. The molecule has 1 unspecified atom stereocenters. The van der Waals surface area contributed by atoms with Crippen molar-refractivity contribution in [3.8, 4) is 23.1 Å². The molecule has 2 heterocycles. The number of benzene rings is 2. The summed E-state index contributed by atoms with van der Waals surface area (Å²) in [5.41, 5.74) is 2.31. The van der Waals surface area contributed by atoms with Crippen molar-refractivity contribution in [2.45, 2.75) is 117 Å². The highest BCUT2D eigenvalue weighted by molar-refractivity contribution is 5.88. The molecule has 0 aliphatic heterocycles. The lowest BCUT2D eigenvalue weighted by Crippen LogP contribution is -2.42. The molecule has 2 aliphatic rings. The maximum Gasteiger partial charge on any atom is 0.248 e. The number of nitrogens with one attached hydrogen (secondary N) is 4. The van der Waals surface area contributed by atoms with Crippen molar-refractivity contribution in [1.82, 2.24) is 30.6 Å². The zero-order chi connectivity index (χ0) is 39.1. The Labute approximate surface area is 314 Å². The van der Waals surface area contributed by atoms with Crippen LogP contribution in [-0.2, 0) is 9.59 Å². The topological polar surface area (TPSA) is 116 Å². The molecule has 2 amide bonds. The van der Waals surface area contributed by atoms with Crippen molar-refractivity contribution in [1.29, 1.82) is 0 Å². The number of alkyl halides is 4. The summed E-state index contributed by atoms with van der Waals surface area (Å²) in [4.78, 5) is 42.0. The Balaban J connectivity index is 1.13. The van der Waals surface area contributed by atoms with Crippen molar-refractivity contribution < 1.29 is 27.2 Å². The van der Waals surface area contributed by atoms with Crippen LogP contribution in [0.4, 0.5) is 17.6 Å². The zero-order valence-electron chi connectivity index (χ0n) is 31.8. The number of hydrogen-bond acceptors (Lipinski definition) is 4. The predicted molar refractivity (Wildman–Crippen MR) is 201 cm³/mol. The van der Waals surface area contributed by atoms with Gasteiger partial charge in [-0.1, -0.05) is 65.7 Å². The van der Waals surface area contributed by atoms with Gasteiger partial charge in [0, 0.05) is 48.6 Å².